The molecule has 6 heteroatoms. The maximum absolute atomic E-state index is 12.0. The second kappa shape index (κ2) is 6.75. The summed E-state index contributed by atoms with van der Waals surface area (Å²) in [7, 11) is 1.64. The zero-order valence-corrected chi connectivity index (χ0v) is 12.2. The molecule has 1 rings (SSSR count). The number of hydrogen-bond donors (Lipinski definition) is 1. The third-order valence-corrected chi connectivity index (χ3v) is 3.02. The van der Waals surface area contributed by atoms with Crippen LogP contribution in [0.1, 0.15) is 23.2 Å². The first-order chi connectivity index (χ1) is 8.40. The van der Waals surface area contributed by atoms with Gasteiger partial charge in [-0.15, -0.1) is 0 Å². The van der Waals surface area contributed by atoms with E-state index in [0.29, 0.717) is 23.6 Å². The number of aliphatic carboxylic acids is 1. The number of amides is 1. The van der Waals surface area contributed by atoms with Crippen LogP contribution in [0.4, 0.5) is 0 Å². The van der Waals surface area contributed by atoms with Crippen LogP contribution < -0.4 is 0 Å². The van der Waals surface area contributed by atoms with Crippen molar-refractivity contribution in [3.8, 4) is 0 Å². The molecule has 0 saturated carbocycles. The summed E-state index contributed by atoms with van der Waals surface area (Å²) >= 11 is 9.14. The van der Waals surface area contributed by atoms with E-state index >= 15 is 0 Å². The van der Waals surface area contributed by atoms with E-state index in [1.165, 1.54) is 4.90 Å². The molecule has 0 heterocycles. The highest BCUT2D eigenvalue weighted by molar-refractivity contribution is 9.10. The van der Waals surface area contributed by atoms with Gasteiger partial charge in [0.05, 0.1) is 0 Å². The van der Waals surface area contributed by atoms with Crippen molar-refractivity contribution in [2.45, 2.75) is 12.8 Å². The Morgan fingerprint density at radius 1 is 1.39 bits per heavy atom. The van der Waals surface area contributed by atoms with Gasteiger partial charge in [-0.2, -0.15) is 0 Å². The molecule has 0 radical (unpaired) electrons. The SMILES string of the molecule is CN(CCCC(=O)O)C(=O)c1cc(Cl)cc(Br)c1. The first kappa shape index (κ1) is 15.0. The van der Waals surface area contributed by atoms with Crippen molar-refractivity contribution in [1.29, 1.82) is 0 Å². The Hall–Kier alpha value is -1.07. The average molecular weight is 335 g/mol. The number of carbonyl (C=O) groups is 2. The van der Waals surface area contributed by atoms with Crippen LogP contribution in [0.2, 0.25) is 5.02 Å². The maximum Gasteiger partial charge on any atom is 0.303 e. The zero-order valence-electron chi connectivity index (χ0n) is 9.82. The van der Waals surface area contributed by atoms with E-state index in [4.69, 9.17) is 16.7 Å². The molecule has 0 atom stereocenters. The molecule has 4 nitrogen and oxygen atoms in total. The van der Waals surface area contributed by atoms with Crippen molar-refractivity contribution in [3.63, 3.8) is 0 Å². The molecular formula is C12H13BrClNO3. The minimum absolute atomic E-state index is 0.0524. The molecule has 1 aromatic rings. The number of nitrogens with zero attached hydrogens (tertiary/aromatic N) is 1. The van der Waals surface area contributed by atoms with Gasteiger partial charge >= 0.3 is 5.97 Å². The highest BCUT2D eigenvalue weighted by Gasteiger charge is 2.13. The molecule has 1 N–H and O–H groups in total. The van der Waals surface area contributed by atoms with Crippen molar-refractivity contribution >= 4 is 39.4 Å². The summed E-state index contributed by atoms with van der Waals surface area (Å²) in [6.07, 6.45) is 0.482. The zero-order chi connectivity index (χ0) is 13.7. The fourth-order valence-corrected chi connectivity index (χ4v) is 2.33. The molecule has 0 unspecified atom stereocenters. The normalized spacial score (nSPS) is 10.2. The molecule has 0 aliphatic heterocycles. The molecule has 0 aliphatic carbocycles. The van der Waals surface area contributed by atoms with Gasteiger partial charge in [0.25, 0.3) is 5.91 Å². The van der Waals surface area contributed by atoms with E-state index in [9.17, 15) is 9.59 Å². The van der Waals surface area contributed by atoms with Crippen LogP contribution in [0.25, 0.3) is 0 Å². The number of rotatable bonds is 5. The number of carboxylic acids is 1. The summed E-state index contributed by atoms with van der Waals surface area (Å²) in [5, 5.41) is 9.01. The first-order valence-electron chi connectivity index (χ1n) is 5.33. The summed E-state index contributed by atoms with van der Waals surface area (Å²) in [4.78, 5) is 23.9. The molecule has 0 saturated heterocycles. The van der Waals surface area contributed by atoms with Gasteiger partial charge in [-0.25, -0.2) is 0 Å². The lowest BCUT2D eigenvalue weighted by Crippen LogP contribution is -2.28. The molecule has 0 aliphatic rings. The topological polar surface area (TPSA) is 57.6 Å². The third kappa shape index (κ3) is 4.66. The highest BCUT2D eigenvalue weighted by Crippen LogP contribution is 2.20. The van der Waals surface area contributed by atoms with Crippen LogP contribution in [0, 0.1) is 0 Å². The predicted molar refractivity (Wildman–Crippen MR) is 73.0 cm³/mol. The van der Waals surface area contributed by atoms with E-state index in [0.717, 1.165) is 4.47 Å². The van der Waals surface area contributed by atoms with Gasteiger partial charge in [-0.3, -0.25) is 9.59 Å². The fourth-order valence-electron chi connectivity index (χ4n) is 1.47. The highest BCUT2D eigenvalue weighted by atomic mass is 79.9. The Morgan fingerprint density at radius 3 is 2.61 bits per heavy atom. The van der Waals surface area contributed by atoms with Crippen molar-refractivity contribution in [2.24, 2.45) is 0 Å². The standard InChI is InChI=1S/C12H13BrClNO3/c1-15(4-2-3-11(16)17)12(18)8-5-9(13)7-10(14)6-8/h5-7H,2-4H2,1H3,(H,16,17). The van der Waals surface area contributed by atoms with E-state index in [1.807, 2.05) is 0 Å². The van der Waals surface area contributed by atoms with Crippen molar-refractivity contribution < 1.29 is 14.7 Å². The Balaban J connectivity index is 2.65. The second-order valence-electron chi connectivity index (χ2n) is 3.88. The predicted octanol–water partition coefficient (Wildman–Crippen LogP) is 3.04. The van der Waals surface area contributed by atoms with Gasteiger partial charge in [0, 0.05) is 35.1 Å². The Kier molecular flexibility index (Phi) is 5.62. The molecular weight excluding hydrogens is 321 g/mol. The van der Waals surface area contributed by atoms with Gasteiger partial charge in [0.2, 0.25) is 0 Å². The smallest absolute Gasteiger partial charge is 0.303 e. The third-order valence-electron chi connectivity index (χ3n) is 2.34. The Morgan fingerprint density at radius 2 is 2.06 bits per heavy atom. The van der Waals surface area contributed by atoms with Crippen LogP contribution in [0.3, 0.4) is 0 Å². The molecule has 0 spiro atoms. The lowest BCUT2D eigenvalue weighted by atomic mass is 10.2. The summed E-state index contributed by atoms with van der Waals surface area (Å²) < 4.78 is 0.734. The van der Waals surface area contributed by atoms with Gasteiger partial charge in [-0.1, -0.05) is 27.5 Å². The summed E-state index contributed by atoms with van der Waals surface area (Å²) in [6.45, 7) is 0.398. The Labute approximate surface area is 119 Å². The summed E-state index contributed by atoms with van der Waals surface area (Å²) in [5.41, 5.74) is 0.479. The number of hydrogen-bond acceptors (Lipinski definition) is 2. The minimum atomic E-state index is -0.860. The number of carbonyl (C=O) groups excluding carboxylic acids is 1. The van der Waals surface area contributed by atoms with Gasteiger partial charge in [0.15, 0.2) is 0 Å². The molecule has 0 bridgehead atoms. The average Bonchev–Trinajstić information content (AvgIpc) is 2.26. The van der Waals surface area contributed by atoms with Gasteiger partial charge in [0.1, 0.15) is 0 Å². The van der Waals surface area contributed by atoms with E-state index < -0.39 is 5.97 Å². The van der Waals surface area contributed by atoms with Crippen molar-refractivity contribution in [2.75, 3.05) is 13.6 Å². The summed E-state index contributed by atoms with van der Waals surface area (Å²) in [6, 6.07) is 4.97. The Bertz CT molecular complexity index is 444. The van der Waals surface area contributed by atoms with Crippen LogP contribution in [0.15, 0.2) is 22.7 Å². The minimum Gasteiger partial charge on any atom is -0.481 e. The van der Waals surface area contributed by atoms with Crippen LogP contribution in [0.5, 0.6) is 0 Å². The lowest BCUT2D eigenvalue weighted by molar-refractivity contribution is -0.137. The molecule has 18 heavy (non-hydrogen) atoms. The van der Waals surface area contributed by atoms with E-state index in [1.54, 1.807) is 25.2 Å². The molecule has 98 valence electrons. The number of carboxylic acid groups (broad SMARTS) is 1. The lowest BCUT2D eigenvalue weighted by Gasteiger charge is -2.17. The first-order valence-corrected chi connectivity index (χ1v) is 6.50. The molecule has 0 fully saturated rings. The van der Waals surface area contributed by atoms with Crippen LogP contribution in [-0.2, 0) is 4.79 Å². The second-order valence-corrected chi connectivity index (χ2v) is 5.23. The van der Waals surface area contributed by atoms with Crippen molar-refractivity contribution in [1.82, 2.24) is 4.90 Å². The number of halogens is 2. The molecule has 1 aromatic carbocycles. The number of benzene rings is 1. The largest absolute Gasteiger partial charge is 0.481 e. The van der Waals surface area contributed by atoms with Crippen LogP contribution >= 0.6 is 27.5 Å². The van der Waals surface area contributed by atoms with Gasteiger partial charge < -0.3 is 10.0 Å². The van der Waals surface area contributed by atoms with Crippen molar-refractivity contribution in [3.05, 3.63) is 33.3 Å². The molecule has 1 amide bonds. The molecule has 0 aromatic heterocycles. The van der Waals surface area contributed by atoms with Crippen LogP contribution in [-0.4, -0.2) is 35.5 Å². The monoisotopic (exact) mass is 333 g/mol. The summed E-state index contributed by atoms with van der Waals surface area (Å²) in [5.74, 6) is -1.04. The van der Waals surface area contributed by atoms with E-state index in [-0.39, 0.29) is 12.3 Å². The van der Waals surface area contributed by atoms with Gasteiger partial charge in [-0.05, 0) is 24.6 Å². The maximum atomic E-state index is 12.0. The van der Waals surface area contributed by atoms with E-state index in [2.05, 4.69) is 15.9 Å². The fraction of sp³-hybridized carbons (Fsp3) is 0.333. The quantitative estimate of drug-likeness (QED) is 0.900.